The van der Waals surface area contributed by atoms with Gasteiger partial charge in [-0.15, -0.1) is 0 Å². The number of nitrogens with two attached hydrogens (primary N) is 1. The summed E-state index contributed by atoms with van der Waals surface area (Å²) in [7, 11) is -3.77. The molecule has 0 amide bonds. The largest absolute Gasteiger partial charge is 0.492 e. The molecule has 0 bridgehead atoms. The normalized spacial score (nSPS) is 11.3. The number of benzene rings is 2. The predicted molar refractivity (Wildman–Crippen MR) is 82.8 cm³/mol. The molecule has 0 radical (unpaired) electrons. The van der Waals surface area contributed by atoms with Gasteiger partial charge in [-0.2, -0.15) is 0 Å². The molecule has 0 aliphatic rings. The lowest BCUT2D eigenvalue weighted by Crippen LogP contribution is -2.14. The zero-order chi connectivity index (χ0) is 15.3. The molecule has 2 N–H and O–H groups in total. The van der Waals surface area contributed by atoms with Gasteiger partial charge in [-0.1, -0.05) is 36.4 Å². The number of sulfonamides is 1. The second-order valence-electron chi connectivity index (χ2n) is 4.93. The van der Waals surface area contributed by atoms with E-state index in [0.29, 0.717) is 12.4 Å². The number of rotatable bonds is 6. The minimum Gasteiger partial charge on any atom is -0.492 e. The molecule has 0 saturated carbocycles. The summed E-state index contributed by atoms with van der Waals surface area (Å²) in [6, 6.07) is 15.1. The molecule has 0 aliphatic carbocycles. The minimum absolute atomic E-state index is 0.0437. The van der Waals surface area contributed by atoms with Crippen molar-refractivity contribution in [1.82, 2.24) is 0 Å². The van der Waals surface area contributed by atoms with E-state index in [1.807, 2.05) is 25.1 Å². The van der Waals surface area contributed by atoms with Gasteiger partial charge in [-0.3, -0.25) is 0 Å². The summed E-state index contributed by atoms with van der Waals surface area (Å²) in [6.07, 6.45) is 1.69. The third-order valence-electron chi connectivity index (χ3n) is 3.12. The fourth-order valence-corrected chi connectivity index (χ4v) is 2.82. The van der Waals surface area contributed by atoms with Crippen LogP contribution in [0.5, 0.6) is 5.75 Å². The van der Waals surface area contributed by atoms with Crippen LogP contribution in [0.2, 0.25) is 0 Å². The summed E-state index contributed by atoms with van der Waals surface area (Å²) >= 11 is 0. The maximum absolute atomic E-state index is 11.6. The van der Waals surface area contributed by atoms with E-state index in [1.165, 1.54) is 11.6 Å². The van der Waals surface area contributed by atoms with E-state index in [1.54, 1.807) is 12.1 Å². The zero-order valence-electron chi connectivity index (χ0n) is 12.0. The van der Waals surface area contributed by atoms with Crippen molar-refractivity contribution in [3.05, 3.63) is 59.7 Å². The van der Waals surface area contributed by atoms with Crippen molar-refractivity contribution < 1.29 is 13.2 Å². The van der Waals surface area contributed by atoms with Crippen molar-refractivity contribution in [1.29, 1.82) is 0 Å². The average Bonchev–Trinajstić information content (AvgIpc) is 2.45. The van der Waals surface area contributed by atoms with Gasteiger partial charge >= 0.3 is 0 Å². The van der Waals surface area contributed by atoms with E-state index in [4.69, 9.17) is 9.88 Å². The summed E-state index contributed by atoms with van der Waals surface area (Å²) in [4.78, 5) is 0.0437. The summed E-state index contributed by atoms with van der Waals surface area (Å²) in [5, 5.41) is 5.21. The molecule has 2 rings (SSSR count). The lowest BCUT2D eigenvalue weighted by atomic mass is 10.1. The fourth-order valence-electron chi connectivity index (χ4n) is 2.06. The zero-order valence-corrected chi connectivity index (χ0v) is 12.8. The lowest BCUT2D eigenvalue weighted by Gasteiger charge is -2.11. The topological polar surface area (TPSA) is 69.4 Å². The van der Waals surface area contributed by atoms with Gasteiger partial charge < -0.3 is 4.74 Å². The van der Waals surface area contributed by atoms with Gasteiger partial charge in [0.05, 0.1) is 6.61 Å². The SMILES string of the molecule is Cc1ccc(OCCCc2ccccc2)c(S(N)(=O)=O)c1. The average molecular weight is 305 g/mol. The molecule has 0 saturated heterocycles. The first-order chi connectivity index (χ1) is 9.97. The van der Waals surface area contributed by atoms with Crippen molar-refractivity contribution in [2.45, 2.75) is 24.7 Å². The molecule has 0 heterocycles. The molecule has 2 aromatic rings. The molecule has 4 nitrogen and oxygen atoms in total. The van der Waals surface area contributed by atoms with Gasteiger partial charge in [0, 0.05) is 0 Å². The van der Waals surface area contributed by atoms with Crippen LogP contribution in [0.4, 0.5) is 0 Å². The van der Waals surface area contributed by atoms with Gasteiger partial charge in [0.25, 0.3) is 0 Å². The number of ether oxygens (including phenoxy) is 1. The highest BCUT2D eigenvalue weighted by molar-refractivity contribution is 7.89. The van der Waals surface area contributed by atoms with E-state index < -0.39 is 10.0 Å². The molecule has 0 aromatic heterocycles. The van der Waals surface area contributed by atoms with E-state index in [9.17, 15) is 8.42 Å². The van der Waals surface area contributed by atoms with Gasteiger partial charge in [0.2, 0.25) is 10.0 Å². The van der Waals surface area contributed by atoms with Crippen LogP contribution in [0.25, 0.3) is 0 Å². The van der Waals surface area contributed by atoms with Crippen LogP contribution in [0.1, 0.15) is 17.5 Å². The Balaban J connectivity index is 1.98. The van der Waals surface area contributed by atoms with E-state index in [-0.39, 0.29) is 4.90 Å². The minimum atomic E-state index is -3.77. The molecule has 112 valence electrons. The van der Waals surface area contributed by atoms with Gasteiger partial charge in [-0.25, -0.2) is 13.6 Å². The number of primary sulfonamides is 1. The molecule has 0 aliphatic heterocycles. The highest BCUT2D eigenvalue weighted by Gasteiger charge is 2.15. The Morgan fingerprint density at radius 1 is 1.10 bits per heavy atom. The Hall–Kier alpha value is -1.85. The number of hydrogen-bond donors (Lipinski definition) is 1. The summed E-state index contributed by atoms with van der Waals surface area (Å²) in [5.74, 6) is 0.316. The Morgan fingerprint density at radius 3 is 2.48 bits per heavy atom. The first kappa shape index (κ1) is 15.5. The summed E-state index contributed by atoms with van der Waals surface area (Å²) in [6.45, 7) is 2.26. The van der Waals surface area contributed by atoms with Crippen LogP contribution >= 0.6 is 0 Å². The van der Waals surface area contributed by atoms with Crippen molar-refractivity contribution in [2.75, 3.05) is 6.61 Å². The molecule has 0 spiro atoms. The van der Waals surface area contributed by atoms with Gasteiger partial charge in [-0.05, 0) is 43.0 Å². The molecule has 5 heteroatoms. The highest BCUT2D eigenvalue weighted by Crippen LogP contribution is 2.24. The summed E-state index contributed by atoms with van der Waals surface area (Å²) < 4.78 is 28.7. The maximum atomic E-state index is 11.6. The van der Waals surface area contributed by atoms with Crippen LogP contribution in [0.3, 0.4) is 0 Å². The van der Waals surface area contributed by atoms with E-state index >= 15 is 0 Å². The predicted octanol–water partition coefficient (Wildman–Crippen LogP) is 2.65. The second kappa shape index (κ2) is 6.74. The first-order valence-electron chi connectivity index (χ1n) is 6.77. The van der Waals surface area contributed by atoms with Gasteiger partial charge in [0.1, 0.15) is 10.6 Å². The lowest BCUT2D eigenvalue weighted by molar-refractivity contribution is 0.303. The van der Waals surface area contributed by atoms with Crippen molar-refractivity contribution in [2.24, 2.45) is 5.14 Å². The fraction of sp³-hybridized carbons (Fsp3) is 0.250. The van der Waals surface area contributed by atoms with Crippen LogP contribution in [-0.4, -0.2) is 15.0 Å². The van der Waals surface area contributed by atoms with Crippen LogP contribution in [0.15, 0.2) is 53.4 Å². The van der Waals surface area contributed by atoms with E-state index in [2.05, 4.69) is 12.1 Å². The Kier molecular flexibility index (Phi) is 4.98. The molecule has 21 heavy (non-hydrogen) atoms. The molecular formula is C16H19NO3S. The molecule has 2 aromatic carbocycles. The van der Waals surface area contributed by atoms with Crippen molar-refractivity contribution in [3.63, 3.8) is 0 Å². The third kappa shape index (κ3) is 4.58. The molecule has 0 fully saturated rings. The number of aryl methyl sites for hydroxylation is 2. The Morgan fingerprint density at radius 2 is 1.81 bits per heavy atom. The second-order valence-corrected chi connectivity index (χ2v) is 6.46. The monoisotopic (exact) mass is 305 g/mol. The van der Waals surface area contributed by atoms with E-state index in [0.717, 1.165) is 18.4 Å². The summed E-state index contributed by atoms with van der Waals surface area (Å²) in [5.41, 5.74) is 2.06. The Bertz CT molecular complexity index is 697. The third-order valence-corrected chi connectivity index (χ3v) is 4.05. The van der Waals surface area contributed by atoms with Crippen molar-refractivity contribution in [3.8, 4) is 5.75 Å². The standard InChI is InChI=1S/C16H19NO3S/c1-13-9-10-15(16(12-13)21(17,18)19)20-11-5-8-14-6-3-2-4-7-14/h2-4,6-7,9-10,12H,5,8,11H2,1H3,(H2,17,18,19). The van der Waals surface area contributed by atoms with Crippen molar-refractivity contribution >= 4 is 10.0 Å². The molecule has 0 unspecified atom stereocenters. The van der Waals surface area contributed by atoms with Crippen LogP contribution in [-0.2, 0) is 16.4 Å². The highest BCUT2D eigenvalue weighted by atomic mass is 32.2. The number of hydrogen-bond acceptors (Lipinski definition) is 3. The molecular weight excluding hydrogens is 286 g/mol. The van der Waals surface area contributed by atoms with Crippen LogP contribution in [0, 0.1) is 6.92 Å². The first-order valence-corrected chi connectivity index (χ1v) is 8.31. The maximum Gasteiger partial charge on any atom is 0.241 e. The van der Waals surface area contributed by atoms with Gasteiger partial charge in [0.15, 0.2) is 0 Å². The Labute approximate surface area is 125 Å². The van der Waals surface area contributed by atoms with Crippen LogP contribution < -0.4 is 9.88 Å². The smallest absolute Gasteiger partial charge is 0.241 e. The molecule has 0 atom stereocenters. The quantitative estimate of drug-likeness (QED) is 0.834.